The monoisotopic (exact) mass is 414 g/mol. The third kappa shape index (κ3) is 3.64. The summed E-state index contributed by atoms with van der Waals surface area (Å²) in [6, 6.07) is 5.31. The van der Waals surface area contributed by atoms with Crippen molar-refractivity contribution in [1.29, 1.82) is 0 Å². The zero-order valence-electron chi connectivity index (χ0n) is 13.3. The van der Waals surface area contributed by atoms with Crippen molar-refractivity contribution in [2.75, 3.05) is 23.0 Å². The maximum absolute atomic E-state index is 12.4. The third-order valence-corrected chi connectivity index (χ3v) is 7.19. The van der Waals surface area contributed by atoms with Gasteiger partial charge in [0.2, 0.25) is 11.8 Å². The molecule has 24 heavy (non-hydrogen) atoms. The van der Waals surface area contributed by atoms with E-state index in [1.54, 1.807) is 4.90 Å². The lowest BCUT2D eigenvalue weighted by Gasteiger charge is -2.18. The number of benzene rings is 1. The molecule has 0 saturated carbocycles. The number of halogens is 1. The summed E-state index contributed by atoms with van der Waals surface area (Å²) in [4.78, 5) is 26.2. The van der Waals surface area contributed by atoms with Crippen molar-refractivity contribution in [3.05, 3.63) is 28.2 Å². The number of nitrogens with zero attached hydrogens (tertiary/aromatic N) is 1. The summed E-state index contributed by atoms with van der Waals surface area (Å²) in [5.41, 5.74) is 1.80. The molecule has 0 aliphatic carbocycles. The fourth-order valence-corrected chi connectivity index (χ4v) is 5.08. The first kappa shape index (κ1) is 17.4. The molecule has 2 atom stereocenters. The predicted octanol–water partition coefficient (Wildman–Crippen LogP) is 1.41. The van der Waals surface area contributed by atoms with Crippen LogP contribution < -0.4 is 10.2 Å². The molecule has 2 amide bonds. The van der Waals surface area contributed by atoms with Crippen LogP contribution in [0.3, 0.4) is 0 Å². The van der Waals surface area contributed by atoms with E-state index in [2.05, 4.69) is 21.2 Å². The highest BCUT2D eigenvalue weighted by atomic mass is 79.9. The first-order chi connectivity index (χ1) is 11.2. The third-order valence-electron chi connectivity index (χ3n) is 4.53. The van der Waals surface area contributed by atoms with E-state index in [-0.39, 0.29) is 35.8 Å². The lowest BCUT2D eigenvalue weighted by atomic mass is 10.1. The van der Waals surface area contributed by atoms with Crippen molar-refractivity contribution >= 4 is 43.3 Å². The van der Waals surface area contributed by atoms with E-state index < -0.39 is 15.8 Å². The highest BCUT2D eigenvalue weighted by Crippen LogP contribution is 2.28. The molecule has 2 aliphatic rings. The molecular formula is C16H19BrN2O4S. The van der Waals surface area contributed by atoms with Gasteiger partial charge in [0.15, 0.2) is 9.84 Å². The molecule has 1 N–H and O–H groups in total. The van der Waals surface area contributed by atoms with Gasteiger partial charge in [-0.05, 0) is 37.1 Å². The van der Waals surface area contributed by atoms with Gasteiger partial charge < -0.3 is 10.2 Å². The summed E-state index contributed by atoms with van der Waals surface area (Å²) in [5.74, 6) is -0.650. The van der Waals surface area contributed by atoms with Crippen LogP contribution in [0.2, 0.25) is 0 Å². The van der Waals surface area contributed by atoms with Crippen LogP contribution in [-0.4, -0.2) is 44.3 Å². The fraction of sp³-hybridized carbons (Fsp3) is 0.500. The Morgan fingerprint density at radius 2 is 2.12 bits per heavy atom. The van der Waals surface area contributed by atoms with Gasteiger partial charge in [-0.1, -0.05) is 15.9 Å². The van der Waals surface area contributed by atoms with Gasteiger partial charge in [0.1, 0.15) is 0 Å². The van der Waals surface area contributed by atoms with E-state index in [1.165, 1.54) is 0 Å². The second kappa shape index (κ2) is 6.48. The van der Waals surface area contributed by atoms with E-state index in [4.69, 9.17) is 0 Å². The zero-order chi connectivity index (χ0) is 17.5. The van der Waals surface area contributed by atoms with Crippen molar-refractivity contribution < 1.29 is 18.0 Å². The molecule has 2 unspecified atom stereocenters. The number of aryl methyl sites for hydroxylation is 1. The maximum atomic E-state index is 12.4. The smallest absolute Gasteiger partial charge is 0.227 e. The Hall–Kier alpha value is -1.41. The van der Waals surface area contributed by atoms with Crippen LogP contribution in [0, 0.1) is 12.8 Å². The van der Waals surface area contributed by atoms with Gasteiger partial charge in [0, 0.05) is 29.2 Å². The Morgan fingerprint density at radius 1 is 1.38 bits per heavy atom. The molecule has 0 bridgehead atoms. The Bertz CT molecular complexity index is 793. The van der Waals surface area contributed by atoms with Crippen molar-refractivity contribution in [2.24, 2.45) is 5.92 Å². The first-order valence-electron chi connectivity index (χ1n) is 7.82. The summed E-state index contributed by atoms with van der Waals surface area (Å²) < 4.78 is 23.9. The molecule has 8 heteroatoms. The largest absolute Gasteiger partial charge is 0.352 e. The second-order valence-electron chi connectivity index (χ2n) is 6.45. The molecule has 2 saturated heterocycles. The number of hydrogen-bond acceptors (Lipinski definition) is 4. The van der Waals surface area contributed by atoms with E-state index >= 15 is 0 Å². The highest BCUT2D eigenvalue weighted by Gasteiger charge is 2.37. The average Bonchev–Trinajstić information content (AvgIpc) is 3.05. The number of anilines is 1. The Kier molecular flexibility index (Phi) is 4.70. The lowest BCUT2D eigenvalue weighted by molar-refractivity contribution is -0.126. The van der Waals surface area contributed by atoms with Crippen molar-refractivity contribution in [3.63, 3.8) is 0 Å². The van der Waals surface area contributed by atoms with Crippen molar-refractivity contribution in [3.8, 4) is 0 Å². The van der Waals surface area contributed by atoms with Gasteiger partial charge in [0.05, 0.1) is 17.4 Å². The molecule has 2 fully saturated rings. The minimum Gasteiger partial charge on any atom is -0.352 e. The molecule has 0 aromatic heterocycles. The number of rotatable bonds is 3. The number of amides is 2. The molecule has 1 aromatic rings. The van der Waals surface area contributed by atoms with E-state index in [0.29, 0.717) is 13.0 Å². The van der Waals surface area contributed by atoms with Gasteiger partial charge in [-0.25, -0.2) is 8.42 Å². The van der Waals surface area contributed by atoms with Gasteiger partial charge >= 0.3 is 0 Å². The molecule has 0 spiro atoms. The Morgan fingerprint density at radius 3 is 2.75 bits per heavy atom. The summed E-state index contributed by atoms with van der Waals surface area (Å²) in [6.45, 7) is 2.27. The number of carbonyl (C=O) groups is 2. The summed E-state index contributed by atoms with van der Waals surface area (Å²) >= 11 is 3.43. The van der Waals surface area contributed by atoms with Crippen LogP contribution in [0.5, 0.6) is 0 Å². The van der Waals surface area contributed by atoms with Crippen molar-refractivity contribution in [1.82, 2.24) is 5.32 Å². The highest BCUT2D eigenvalue weighted by molar-refractivity contribution is 9.10. The van der Waals surface area contributed by atoms with Gasteiger partial charge in [0.25, 0.3) is 0 Å². The molecular weight excluding hydrogens is 396 g/mol. The van der Waals surface area contributed by atoms with Crippen molar-refractivity contribution in [2.45, 2.75) is 25.8 Å². The molecule has 0 radical (unpaired) electrons. The topological polar surface area (TPSA) is 83.6 Å². The van der Waals surface area contributed by atoms with Crippen LogP contribution in [0.15, 0.2) is 22.7 Å². The van der Waals surface area contributed by atoms with Crippen LogP contribution in [0.25, 0.3) is 0 Å². The predicted molar refractivity (Wildman–Crippen MR) is 94.5 cm³/mol. The van der Waals surface area contributed by atoms with Gasteiger partial charge in [-0.15, -0.1) is 0 Å². The Balaban J connectivity index is 1.66. The van der Waals surface area contributed by atoms with Crippen LogP contribution >= 0.6 is 15.9 Å². The molecule has 1 aromatic carbocycles. The minimum atomic E-state index is -3.03. The molecule has 2 aliphatic heterocycles. The van der Waals surface area contributed by atoms with Crippen LogP contribution in [0.1, 0.15) is 18.4 Å². The first-order valence-corrected chi connectivity index (χ1v) is 10.4. The fourth-order valence-electron chi connectivity index (χ4n) is 3.16. The lowest BCUT2D eigenvalue weighted by Crippen LogP contribution is -2.40. The normalized spacial score (nSPS) is 25.9. The molecule has 2 heterocycles. The SMILES string of the molecule is Cc1cc(N2CC(C(=O)NC3CCS(=O)(=O)C3)CC2=O)ccc1Br. The minimum absolute atomic E-state index is 0.00493. The second-order valence-corrected chi connectivity index (χ2v) is 9.53. The van der Waals surface area contributed by atoms with Gasteiger partial charge in [-0.2, -0.15) is 0 Å². The number of carbonyl (C=O) groups excluding carboxylic acids is 2. The molecule has 130 valence electrons. The summed E-state index contributed by atoms with van der Waals surface area (Å²) in [7, 11) is -3.03. The maximum Gasteiger partial charge on any atom is 0.227 e. The molecule has 3 rings (SSSR count). The van der Waals surface area contributed by atoms with Crippen LogP contribution in [-0.2, 0) is 19.4 Å². The van der Waals surface area contributed by atoms with E-state index in [9.17, 15) is 18.0 Å². The number of sulfone groups is 1. The van der Waals surface area contributed by atoms with E-state index in [1.807, 2.05) is 25.1 Å². The zero-order valence-corrected chi connectivity index (χ0v) is 15.7. The molecule has 6 nitrogen and oxygen atoms in total. The number of hydrogen-bond donors (Lipinski definition) is 1. The summed E-state index contributed by atoms with van der Waals surface area (Å²) in [5, 5.41) is 2.78. The average molecular weight is 415 g/mol. The Labute approximate surface area is 149 Å². The summed E-state index contributed by atoms with van der Waals surface area (Å²) in [6.07, 6.45) is 0.602. The van der Waals surface area contributed by atoms with Gasteiger partial charge in [-0.3, -0.25) is 9.59 Å². The standard InChI is InChI=1S/C16H19BrN2O4S/c1-10-6-13(2-3-14(10)17)19-8-11(7-15(19)20)16(21)18-12-4-5-24(22,23)9-12/h2-3,6,11-12H,4-5,7-9H2,1H3,(H,18,21). The number of nitrogens with one attached hydrogen (secondary N) is 1. The quantitative estimate of drug-likeness (QED) is 0.810. The van der Waals surface area contributed by atoms with Crippen LogP contribution in [0.4, 0.5) is 5.69 Å². The van der Waals surface area contributed by atoms with E-state index in [0.717, 1.165) is 15.7 Å².